The largest absolute Gasteiger partial charge is 0.394 e. The van der Waals surface area contributed by atoms with Crippen molar-refractivity contribution in [1.29, 1.82) is 0 Å². The Morgan fingerprint density at radius 3 is 1.43 bits per heavy atom. The van der Waals surface area contributed by atoms with Gasteiger partial charge in [0.15, 0.2) is 0 Å². The molecule has 0 aliphatic rings. The lowest BCUT2D eigenvalue weighted by Crippen LogP contribution is -2.63. The van der Waals surface area contributed by atoms with Crippen molar-refractivity contribution in [1.82, 2.24) is 0 Å². The van der Waals surface area contributed by atoms with E-state index in [1.807, 2.05) is 0 Å². The molecular formula is C9H9Br11O. The molecule has 0 saturated heterocycles. The maximum Gasteiger partial charge on any atom is 0.135 e. The number of halogens is 11. The van der Waals surface area contributed by atoms with E-state index in [-0.39, 0.29) is 11.4 Å². The fraction of sp³-hybridized carbons (Fsp3) is 1.00. The molecule has 0 fully saturated rings. The van der Waals surface area contributed by atoms with Gasteiger partial charge in [0.1, 0.15) is 16.2 Å². The van der Waals surface area contributed by atoms with Crippen LogP contribution in [0.15, 0.2) is 0 Å². The van der Waals surface area contributed by atoms with Crippen LogP contribution < -0.4 is 0 Å². The first-order valence-electron chi connectivity index (χ1n) is 5.18. The highest BCUT2D eigenvalue weighted by molar-refractivity contribution is 9.35. The van der Waals surface area contributed by atoms with E-state index in [1.165, 1.54) is 0 Å². The quantitative estimate of drug-likeness (QED) is 0.254. The Balaban J connectivity index is 6.00. The van der Waals surface area contributed by atoms with Gasteiger partial charge in [0, 0.05) is 4.83 Å². The lowest BCUT2D eigenvalue weighted by molar-refractivity contribution is 0.282. The fourth-order valence-corrected chi connectivity index (χ4v) is 10.5. The fourth-order valence-electron chi connectivity index (χ4n) is 1.19. The summed E-state index contributed by atoms with van der Waals surface area (Å²) >= 11 is 40.3. The van der Waals surface area contributed by atoms with Gasteiger partial charge in [-0.1, -0.05) is 182 Å². The number of aliphatic hydroxyl groups is 1. The maximum atomic E-state index is 9.66. The van der Waals surface area contributed by atoms with Crippen LogP contribution in [0.3, 0.4) is 0 Å². The monoisotopic (exact) mass is 1000 g/mol. The zero-order valence-electron chi connectivity index (χ0n) is 10.1. The number of alkyl halides is 11. The first kappa shape index (κ1) is 26.2. The summed E-state index contributed by atoms with van der Waals surface area (Å²) in [5.41, 5.74) is 0. The summed E-state index contributed by atoms with van der Waals surface area (Å²) < 4.78 is -3.93. The van der Waals surface area contributed by atoms with Crippen LogP contribution >= 0.6 is 175 Å². The molecule has 1 N–H and O–H groups in total. The predicted molar refractivity (Wildman–Crippen MR) is 133 cm³/mol. The minimum absolute atomic E-state index is 0.0863. The molecule has 0 bridgehead atoms. The second kappa shape index (κ2) is 9.16. The number of aliphatic hydroxyl groups excluding tert-OH is 1. The van der Waals surface area contributed by atoms with Crippen molar-refractivity contribution in [3.63, 3.8) is 0 Å². The van der Waals surface area contributed by atoms with E-state index in [1.54, 1.807) is 0 Å². The van der Waals surface area contributed by atoms with Crippen LogP contribution in [0.25, 0.3) is 0 Å². The molecule has 0 saturated carbocycles. The molecule has 1 nitrogen and oxygen atoms in total. The molecule has 0 amide bonds. The van der Waals surface area contributed by atoms with Gasteiger partial charge in [0.05, 0.1) is 6.61 Å². The molecule has 0 aromatic carbocycles. The van der Waals surface area contributed by atoms with Gasteiger partial charge in [0.25, 0.3) is 0 Å². The van der Waals surface area contributed by atoms with E-state index < -0.39 is 16.2 Å². The molecule has 12 heteroatoms. The van der Waals surface area contributed by atoms with E-state index in [4.69, 9.17) is 0 Å². The van der Waals surface area contributed by atoms with Crippen LogP contribution in [-0.2, 0) is 0 Å². The standard InChI is InChI=1S/C9H9Br11O/c1-2-4(10)6(13,14)8(17,18)9(19,20)7(15,16)5(11,12)3-21/h4,21H,2-3H2,1H3. The Morgan fingerprint density at radius 1 is 0.762 bits per heavy atom. The minimum atomic E-state index is -0.866. The van der Waals surface area contributed by atoms with Gasteiger partial charge in [0.2, 0.25) is 0 Å². The van der Waals surface area contributed by atoms with Crippen molar-refractivity contribution in [2.24, 2.45) is 0 Å². The first-order chi connectivity index (χ1) is 9.04. The second-order valence-corrected chi connectivity index (χ2v) is 22.9. The number of hydrogen-bond acceptors (Lipinski definition) is 1. The highest BCUT2D eigenvalue weighted by atomic mass is 79.9. The Kier molecular flexibility index (Phi) is 11.4. The normalized spacial score (nSPS) is 17.0. The molecule has 21 heavy (non-hydrogen) atoms. The number of hydrogen-bond donors (Lipinski definition) is 1. The first-order valence-corrected chi connectivity index (χ1v) is 14.0. The molecular weight excluding hydrogens is 1000 g/mol. The Morgan fingerprint density at radius 2 is 1.14 bits per heavy atom. The molecule has 128 valence electrons. The van der Waals surface area contributed by atoms with Gasteiger partial charge in [-0.3, -0.25) is 0 Å². The summed E-state index contributed by atoms with van der Waals surface area (Å²) in [6.45, 7) is 1.89. The van der Waals surface area contributed by atoms with Crippen molar-refractivity contribution in [2.45, 2.75) is 34.3 Å². The smallest absolute Gasteiger partial charge is 0.135 e. The van der Waals surface area contributed by atoms with Crippen LogP contribution in [0.1, 0.15) is 13.3 Å². The molecule has 1 unspecified atom stereocenters. The Labute approximate surface area is 217 Å². The van der Waals surface area contributed by atoms with E-state index in [9.17, 15) is 5.11 Å². The zero-order chi connectivity index (χ0) is 17.5. The van der Waals surface area contributed by atoms with Crippen molar-refractivity contribution in [2.75, 3.05) is 6.61 Å². The topological polar surface area (TPSA) is 20.2 Å². The van der Waals surface area contributed by atoms with Crippen molar-refractivity contribution in [3.8, 4) is 0 Å². The predicted octanol–water partition coefficient (Wildman–Crippen LogP) is 8.58. The zero-order valence-corrected chi connectivity index (χ0v) is 27.5. The summed E-state index contributed by atoms with van der Waals surface area (Å²) in [5.74, 6) is 0. The molecule has 0 heterocycles. The van der Waals surface area contributed by atoms with Gasteiger partial charge >= 0.3 is 0 Å². The number of rotatable bonds is 7. The van der Waals surface area contributed by atoms with E-state index in [2.05, 4.69) is 182 Å². The van der Waals surface area contributed by atoms with Crippen LogP contribution in [0.4, 0.5) is 0 Å². The van der Waals surface area contributed by atoms with Gasteiger partial charge in [-0.25, -0.2) is 0 Å². The lowest BCUT2D eigenvalue weighted by Gasteiger charge is -2.53. The van der Waals surface area contributed by atoms with Crippen LogP contribution in [0.5, 0.6) is 0 Å². The van der Waals surface area contributed by atoms with Gasteiger partial charge in [-0.2, -0.15) is 0 Å². The molecule has 0 radical (unpaired) electrons. The maximum absolute atomic E-state index is 9.66. The summed E-state index contributed by atoms with van der Waals surface area (Å²) in [5, 5.41) is 9.66. The second-order valence-electron chi connectivity index (χ2n) is 4.08. The van der Waals surface area contributed by atoms with Crippen molar-refractivity contribution >= 4 is 175 Å². The minimum Gasteiger partial charge on any atom is -0.394 e. The molecule has 0 aliphatic carbocycles. The third kappa shape index (κ3) is 5.00. The molecule has 0 aliphatic heterocycles. The van der Waals surface area contributed by atoms with Gasteiger partial charge in [-0.05, 0) is 6.42 Å². The summed E-state index contributed by atoms with van der Waals surface area (Å²) in [6, 6.07) is 0. The van der Waals surface area contributed by atoms with E-state index in [0.717, 1.165) is 6.42 Å². The third-order valence-corrected chi connectivity index (χ3v) is 25.0. The highest BCUT2D eigenvalue weighted by Crippen LogP contribution is 2.71. The molecule has 1 atom stereocenters. The van der Waals surface area contributed by atoms with Crippen LogP contribution in [0.2, 0.25) is 0 Å². The SMILES string of the molecule is CCC(Br)C(Br)(Br)C(Br)(Br)C(Br)(Br)C(Br)(Br)C(Br)(Br)CO. The molecule has 0 aromatic heterocycles. The highest BCUT2D eigenvalue weighted by Gasteiger charge is 2.70. The Bertz CT molecular complexity index is 365. The Hall–Kier alpha value is 5.24. The molecule has 0 rings (SSSR count). The summed E-state index contributed by atoms with van der Waals surface area (Å²) in [6.07, 6.45) is 0.872. The van der Waals surface area contributed by atoms with Crippen molar-refractivity contribution < 1.29 is 5.11 Å². The van der Waals surface area contributed by atoms with E-state index >= 15 is 0 Å². The third-order valence-electron chi connectivity index (χ3n) is 2.62. The summed E-state index contributed by atoms with van der Waals surface area (Å²) in [4.78, 5) is 0.0863. The lowest BCUT2D eigenvalue weighted by atomic mass is 10.1. The van der Waals surface area contributed by atoms with E-state index in [0.29, 0.717) is 0 Å². The van der Waals surface area contributed by atoms with Crippen molar-refractivity contribution in [3.05, 3.63) is 0 Å². The van der Waals surface area contributed by atoms with Gasteiger partial charge < -0.3 is 5.11 Å². The van der Waals surface area contributed by atoms with Crippen LogP contribution in [0, 0.1) is 0 Å². The average Bonchev–Trinajstić information content (AvgIpc) is 2.36. The van der Waals surface area contributed by atoms with Gasteiger partial charge in [-0.15, -0.1) is 0 Å². The molecule has 0 aromatic rings. The van der Waals surface area contributed by atoms with Crippen LogP contribution in [-0.4, -0.2) is 32.7 Å². The average molecular weight is 1010 g/mol. The summed E-state index contributed by atoms with van der Waals surface area (Å²) in [7, 11) is 0. The molecule has 0 spiro atoms.